The van der Waals surface area contributed by atoms with Crippen molar-refractivity contribution in [2.75, 3.05) is 5.32 Å². The highest BCUT2D eigenvalue weighted by atomic mass is 19.1. The van der Waals surface area contributed by atoms with Gasteiger partial charge in [-0.1, -0.05) is 0 Å². The predicted molar refractivity (Wildman–Crippen MR) is 72.2 cm³/mol. The molecule has 0 unspecified atom stereocenters. The third kappa shape index (κ3) is 3.00. The number of phenols is 1. The van der Waals surface area contributed by atoms with Crippen LogP contribution < -0.4 is 5.32 Å². The van der Waals surface area contributed by atoms with Crippen LogP contribution in [0, 0.1) is 5.82 Å². The molecule has 0 heterocycles. The molecule has 5 heteroatoms. The molecule has 20 heavy (non-hydrogen) atoms. The Balaban J connectivity index is 2.31. The van der Waals surface area contributed by atoms with Crippen molar-refractivity contribution >= 4 is 17.4 Å². The molecule has 102 valence electrons. The Morgan fingerprint density at radius 3 is 2.30 bits per heavy atom. The molecule has 2 aromatic rings. The first-order chi connectivity index (χ1) is 9.47. The van der Waals surface area contributed by atoms with E-state index in [4.69, 9.17) is 0 Å². The Hall–Kier alpha value is -2.69. The van der Waals surface area contributed by atoms with Crippen LogP contribution in [-0.4, -0.2) is 16.8 Å². The highest BCUT2D eigenvalue weighted by molar-refractivity contribution is 6.11. The van der Waals surface area contributed by atoms with Gasteiger partial charge in [0.15, 0.2) is 5.78 Å². The quantitative estimate of drug-likeness (QED) is 0.845. The van der Waals surface area contributed by atoms with Crippen molar-refractivity contribution in [1.29, 1.82) is 0 Å². The van der Waals surface area contributed by atoms with Crippen LogP contribution in [0.25, 0.3) is 0 Å². The maximum absolute atomic E-state index is 12.8. The van der Waals surface area contributed by atoms with Crippen molar-refractivity contribution in [3.8, 4) is 5.75 Å². The van der Waals surface area contributed by atoms with Crippen molar-refractivity contribution in [1.82, 2.24) is 0 Å². The number of hydrogen-bond donors (Lipinski definition) is 2. The largest absolute Gasteiger partial charge is 0.507 e. The van der Waals surface area contributed by atoms with E-state index in [9.17, 15) is 19.1 Å². The average Bonchev–Trinajstić information content (AvgIpc) is 2.38. The summed E-state index contributed by atoms with van der Waals surface area (Å²) in [6.07, 6.45) is 0. The van der Waals surface area contributed by atoms with E-state index in [0.717, 1.165) is 0 Å². The fraction of sp³-hybridized carbons (Fsp3) is 0.0667. The Labute approximate surface area is 114 Å². The van der Waals surface area contributed by atoms with E-state index in [2.05, 4.69) is 5.32 Å². The highest BCUT2D eigenvalue weighted by Crippen LogP contribution is 2.24. The molecular weight excluding hydrogens is 261 g/mol. The number of amides is 1. The Bertz CT molecular complexity index is 665. The molecule has 0 atom stereocenters. The van der Waals surface area contributed by atoms with Crippen LogP contribution in [-0.2, 0) is 4.79 Å². The second-order valence-corrected chi connectivity index (χ2v) is 4.25. The number of carbonyl (C=O) groups is 2. The van der Waals surface area contributed by atoms with Gasteiger partial charge in [0, 0.05) is 24.2 Å². The van der Waals surface area contributed by atoms with Crippen molar-refractivity contribution < 1.29 is 19.1 Å². The van der Waals surface area contributed by atoms with Crippen LogP contribution in [0.1, 0.15) is 22.8 Å². The summed E-state index contributed by atoms with van der Waals surface area (Å²) in [5.41, 5.74) is 0.755. The molecule has 0 aromatic heterocycles. The standard InChI is InChI=1S/C15H12FNO3/c1-9(18)17-12-6-7-13(14(19)8-12)15(20)10-2-4-11(16)5-3-10/h2-8,19H,1H3,(H,17,18). The maximum Gasteiger partial charge on any atom is 0.221 e. The van der Waals surface area contributed by atoms with Crippen LogP contribution in [0.5, 0.6) is 5.75 Å². The number of rotatable bonds is 3. The monoisotopic (exact) mass is 273 g/mol. The van der Waals surface area contributed by atoms with Crippen LogP contribution in [0.15, 0.2) is 42.5 Å². The van der Waals surface area contributed by atoms with E-state index in [-0.39, 0.29) is 22.8 Å². The summed E-state index contributed by atoms with van der Waals surface area (Å²) in [4.78, 5) is 23.0. The molecule has 0 saturated heterocycles. The van der Waals surface area contributed by atoms with Gasteiger partial charge >= 0.3 is 0 Å². The lowest BCUT2D eigenvalue weighted by Crippen LogP contribution is -2.07. The summed E-state index contributed by atoms with van der Waals surface area (Å²) in [5, 5.41) is 12.3. The molecule has 0 radical (unpaired) electrons. The van der Waals surface area contributed by atoms with Gasteiger partial charge in [-0.25, -0.2) is 4.39 Å². The fourth-order valence-corrected chi connectivity index (χ4v) is 1.76. The van der Waals surface area contributed by atoms with Crippen LogP contribution in [0.4, 0.5) is 10.1 Å². The Morgan fingerprint density at radius 2 is 1.75 bits per heavy atom. The van der Waals surface area contributed by atoms with Crippen molar-refractivity contribution in [3.05, 3.63) is 59.4 Å². The summed E-state index contributed by atoms with van der Waals surface area (Å²) in [7, 11) is 0. The van der Waals surface area contributed by atoms with E-state index >= 15 is 0 Å². The van der Waals surface area contributed by atoms with Gasteiger partial charge in [0.2, 0.25) is 5.91 Å². The number of carbonyl (C=O) groups excluding carboxylic acids is 2. The second kappa shape index (κ2) is 5.52. The van der Waals surface area contributed by atoms with Crippen molar-refractivity contribution in [3.63, 3.8) is 0 Å². The van der Waals surface area contributed by atoms with Crippen LogP contribution >= 0.6 is 0 Å². The summed E-state index contributed by atoms with van der Waals surface area (Å²) < 4.78 is 12.8. The minimum Gasteiger partial charge on any atom is -0.507 e. The summed E-state index contributed by atoms with van der Waals surface area (Å²) >= 11 is 0. The van der Waals surface area contributed by atoms with E-state index in [1.54, 1.807) is 0 Å². The molecule has 0 fully saturated rings. The zero-order chi connectivity index (χ0) is 14.7. The molecule has 0 aliphatic rings. The van der Waals surface area contributed by atoms with Gasteiger partial charge in [-0.2, -0.15) is 0 Å². The number of aromatic hydroxyl groups is 1. The zero-order valence-electron chi connectivity index (χ0n) is 10.7. The Kier molecular flexibility index (Phi) is 3.79. The third-order valence-corrected chi connectivity index (χ3v) is 2.67. The van der Waals surface area contributed by atoms with E-state index in [1.165, 1.54) is 49.4 Å². The number of benzene rings is 2. The fourth-order valence-electron chi connectivity index (χ4n) is 1.76. The predicted octanol–water partition coefficient (Wildman–Crippen LogP) is 2.72. The molecule has 2 aromatic carbocycles. The second-order valence-electron chi connectivity index (χ2n) is 4.25. The molecule has 0 bridgehead atoms. The third-order valence-electron chi connectivity index (χ3n) is 2.67. The molecule has 4 nitrogen and oxygen atoms in total. The summed E-state index contributed by atoms with van der Waals surface area (Å²) in [6, 6.07) is 9.26. The van der Waals surface area contributed by atoms with Crippen molar-refractivity contribution in [2.24, 2.45) is 0 Å². The lowest BCUT2D eigenvalue weighted by molar-refractivity contribution is -0.114. The zero-order valence-corrected chi connectivity index (χ0v) is 10.7. The van der Waals surface area contributed by atoms with Gasteiger partial charge in [0.1, 0.15) is 11.6 Å². The van der Waals surface area contributed by atoms with Crippen LogP contribution in [0.3, 0.4) is 0 Å². The SMILES string of the molecule is CC(=O)Nc1ccc(C(=O)c2ccc(F)cc2)c(O)c1. The summed E-state index contributed by atoms with van der Waals surface area (Å²) in [6.45, 7) is 1.34. The number of halogens is 1. The lowest BCUT2D eigenvalue weighted by atomic mass is 10.0. The minimum atomic E-state index is -0.438. The molecule has 1 amide bonds. The van der Waals surface area contributed by atoms with Gasteiger partial charge < -0.3 is 10.4 Å². The molecule has 0 aliphatic heterocycles. The van der Waals surface area contributed by atoms with Gasteiger partial charge in [0.25, 0.3) is 0 Å². The summed E-state index contributed by atoms with van der Waals surface area (Å²) in [5.74, 6) is -1.38. The molecule has 0 aliphatic carbocycles. The first-order valence-electron chi connectivity index (χ1n) is 5.88. The van der Waals surface area contributed by atoms with Gasteiger partial charge in [-0.3, -0.25) is 9.59 Å². The minimum absolute atomic E-state index is 0.0886. The number of phenolic OH excluding ortho intramolecular Hbond substituents is 1. The van der Waals surface area contributed by atoms with E-state index in [1.807, 2.05) is 0 Å². The lowest BCUT2D eigenvalue weighted by Gasteiger charge is -2.07. The molecule has 0 saturated carbocycles. The van der Waals surface area contributed by atoms with Gasteiger partial charge in [0.05, 0.1) is 5.56 Å². The van der Waals surface area contributed by atoms with E-state index in [0.29, 0.717) is 5.69 Å². The molecule has 0 spiro atoms. The van der Waals surface area contributed by atoms with Gasteiger partial charge in [-0.15, -0.1) is 0 Å². The number of ketones is 1. The number of nitrogens with one attached hydrogen (secondary N) is 1. The van der Waals surface area contributed by atoms with Gasteiger partial charge in [-0.05, 0) is 36.4 Å². The Morgan fingerprint density at radius 1 is 1.10 bits per heavy atom. The van der Waals surface area contributed by atoms with Crippen molar-refractivity contribution in [2.45, 2.75) is 6.92 Å². The molecule has 2 rings (SSSR count). The maximum atomic E-state index is 12.8. The first kappa shape index (κ1) is 13.7. The molecule has 2 N–H and O–H groups in total. The number of anilines is 1. The van der Waals surface area contributed by atoms with E-state index < -0.39 is 11.6 Å². The smallest absolute Gasteiger partial charge is 0.221 e. The average molecular weight is 273 g/mol. The molecular formula is C15H12FNO3. The first-order valence-corrected chi connectivity index (χ1v) is 5.88. The normalized spacial score (nSPS) is 10.1. The van der Waals surface area contributed by atoms with Crippen LogP contribution in [0.2, 0.25) is 0 Å². The highest BCUT2D eigenvalue weighted by Gasteiger charge is 2.14. The topological polar surface area (TPSA) is 66.4 Å². The number of hydrogen-bond acceptors (Lipinski definition) is 3.